The van der Waals surface area contributed by atoms with Crippen molar-refractivity contribution in [2.75, 3.05) is 20.6 Å². The molecule has 0 unspecified atom stereocenters. The van der Waals surface area contributed by atoms with Crippen molar-refractivity contribution < 1.29 is 14.3 Å². The molecule has 1 aliphatic heterocycles. The van der Waals surface area contributed by atoms with E-state index in [-0.39, 0.29) is 16.6 Å². The Kier molecular flexibility index (Phi) is 4.90. The Bertz CT molecular complexity index is 1200. The second-order valence-corrected chi connectivity index (χ2v) is 8.57. The number of hydrogen-bond donors (Lipinski definition) is 1. The number of pyridine rings is 1. The average molecular weight is 406 g/mol. The van der Waals surface area contributed by atoms with Crippen molar-refractivity contribution in [2.24, 2.45) is 0 Å². The number of phenols is 1. The molecule has 0 aliphatic carbocycles. The second-order valence-electron chi connectivity index (χ2n) is 8.57. The quantitative estimate of drug-likeness (QED) is 0.701. The molecule has 0 bridgehead atoms. The minimum absolute atomic E-state index is 0.0839. The molecule has 0 atom stereocenters. The van der Waals surface area contributed by atoms with Crippen molar-refractivity contribution in [1.82, 2.24) is 9.88 Å². The minimum Gasteiger partial charge on any atom is -0.507 e. The zero-order chi connectivity index (χ0) is 21.6. The van der Waals surface area contributed by atoms with Crippen LogP contribution in [0.25, 0.3) is 28.3 Å². The highest BCUT2D eigenvalue weighted by atomic mass is 16.5. The summed E-state index contributed by atoms with van der Waals surface area (Å²) in [6.45, 7) is 6.53. The van der Waals surface area contributed by atoms with E-state index in [1.165, 1.54) is 6.26 Å². The van der Waals surface area contributed by atoms with E-state index in [2.05, 4.69) is 4.98 Å². The van der Waals surface area contributed by atoms with Crippen molar-refractivity contribution in [3.63, 3.8) is 0 Å². The van der Waals surface area contributed by atoms with E-state index in [1.54, 1.807) is 12.3 Å². The van der Waals surface area contributed by atoms with Crippen LogP contribution in [0.1, 0.15) is 30.5 Å². The van der Waals surface area contributed by atoms with Crippen molar-refractivity contribution in [3.05, 3.63) is 57.6 Å². The van der Waals surface area contributed by atoms with Crippen molar-refractivity contribution in [3.8, 4) is 22.8 Å². The van der Waals surface area contributed by atoms with Gasteiger partial charge in [0.1, 0.15) is 28.7 Å². The van der Waals surface area contributed by atoms with Gasteiger partial charge in [0.2, 0.25) is 5.43 Å². The van der Waals surface area contributed by atoms with E-state index in [0.29, 0.717) is 46.7 Å². The number of likely N-dealkylation sites (N-methyl/N-ethyl adjacent to an activating group) is 1. The van der Waals surface area contributed by atoms with Gasteiger partial charge in [-0.25, -0.2) is 0 Å². The number of benzene rings is 1. The molecule has 1 N–H and O–H groups in total. The van der Waals surface area contributed by atoms with Crippen molar-refractivity contribution >= 4 is 17.0 Å². The monoisotopic (exact) mass is 406 g/mol. The Balaban J connectivity index is 2.01. The standard InChI is InChI=1S/C24H26N2O4/c1-14-6-7-18(25-12-14)17-13-29-23-16-8-10-24(2,3)30-22(16)15(9-11-26(4)5)20(27)19(23)21(17)28/h6-8,10,12-13,27H,9,11H2,1-5H3. The first-order valence-electron chi connectivity index (χ1n) is 9.97. The third-order valence-electron chi connectivity index (χ3n) is 5.29. The molecule has 2 aromatic heterocycles. The van der Waals surface area contributed by atoms with Crippen LogP contribution in [0.3, 0.4) is 0 Å². The summed E-state index contributed by atoms with van der Waals surface area (Å²) in [5, 5.41) is 11.3. The number of fused-ring (bicyclic) bond motifs is 3. The van der Waals surface area contributed by atoms with E-state index < -0.39 is 5.60 Å². The SMILES string of the molecule is Cc1ccc(-c2coc3c4c(c(CCN(C)C)c(O)c3c2=O)OC(C)(C)C=C4)nc1. The van der Waals surface area contributed by atoms with Gasteiger partial charge in [-0.05, 0) is 65.1 Å². The molecule has 0 saturated carbocycles. The molecule has 0 radical (unpaired) electrons. The zero-order valence-electron chi connectivity index (χ0n) is 17.9. The first-order valence-corrected chi connectivity index (χ1v) is 9.97. The average Bonchev–Trinajstić information content (AvgIpc) is 2.67. The molecule has 3 heterocycles. The van der Waals surface area contributed by atoms with E-state index >= 15 is 0 Å². The van der Waals surface area contributed by atoms with Crippen LogP contribution in [0.4, 0.5) is 0 Å². The summed E-state index contributed by atoms with van der Waals surface area (Å²) in [5.74, 6) is 0.484. The van der Waals surface area contributed by atoms with Gasteiger partial charge in [0.15, 0.2) is 5.58 Å². The summed E-state index contributed by atoms with van der Waals surface area (Å²) in [6.07, 6.45) is 7.49. The third kappa shape index (κ3) is 3.48. The molecular formula is C24H26N2O4. The molecule has 1 aliphatic rings. The highest BCUT2D eigenvalue weighted by molar-refractivity contribution is 5.96. The molecule has 156 valence electrons. The zero-order valence-corrected chi connectivity index (χ0v) is 17.9. The summed E-state index contributed by atoms with van der Waals surface area (Å²) in [4.78, 5) is 19.8. The number of aryl methyl sites for hydroxylation is 1. The van der Waals surface area contributed by atoms with Crippen LogP contribution >= 0.6 is 0 Å². The summed E-state index contributed by atoms with van der Waals surface area (Å²) in [7, 11) is 3.93. The highest BCUT2D eigenvalue weighted by Gasteiger charge is 2.30. The maximum atomic E-state index is 13.4. The van der Waals surface area contributed by atoms with E-state index in [0.717, 1.165) is 5.56 Å². The van der Waals surface area contributed by atoms with Crippen LogP contribution in [0.5, 0.6) is 11.5 Å². The molecule has 3 aromatic rings. The molecular weight excluding hydrogens is 380 g/mol. The predicted octanol–water partition coefficient (Wildman–Crippen LogP) is 4.16. The van der Waals surface area contributed by atoms with Gasteiger partial charge >= 0.3 is 0 Å². The summed E-state index contributed by atoms with van der Waals surface area (Å²) >= 11 is 0. The smallest absolute Gasteiger partial charge is 0.205 e. The Labute approximate surface area is 175 Å². The fourth-order valence-corrected chi connectivity index (χ4v) is 3.63. The second kappa shape index (κ2) is 7.29. The van der Waals surface area contributed by atoms with Gasteiger partial charge in [-0.15, -0.1) is 0 Å². The topological polar surface area (TPSA) is 75.8 Å². The minimum atomic E-state index is -0.522. The largest absolute Gasteiger partial charge is 0.507 e. The lowest BCUT2D eigenvalue weighted by Gasteiger charge is -2.30. The van der Waals surface area contributed by atoms with Gasteiger partial charge in [-0.3, -0.25) is 9.78 Å². The molecule has 4 rings (SSSR count). The molecule has 0 amide bonds. The summed E-state index contributed by atoms with van der Waals surface area (Å²) < 4.78 is 12.1. The maximum absolute atomic E-state index is 13.4. The maximum Gasteiger partial charge on any atom is 0.205 e. The predicted molar refractivity (Wildman–Crippen MR) is 118 cm³/mol. The normalized spacial score (nSPS) is 14.7. The van der Waals surface area contributed by atoms with Gasteiger partial charge in [0, 0.05) is 18.3 Å². The van der Waals surface area contributed by atoms with Crippen LogP contribution in [-0.2, 0) is 6.42 Å². The Hall–Kier alpha value is -3.12. The molecule has 0 saturated heterocycles. The fourth-order valence-electron chi connectivity index (χ4n) is 3.63. The van der Waals surface area contributed by atoms with Crippen LogP contribution < -0.4 is 10.2 Å². The van der Waals surface area contributed by atoms with Gasteiger partial charge in [-0.2, -0.15) is 0 Å². The van der Waals surface area contributed by atoms with Gasteiger partial charge in [-0.1, -0.05) is 6.07 Å². The van der Waals surface area contributed by atoms with Crippen molar-refractivity contribution in [2.45, 2.75) is 32.8 Å². The molecule has 30 heavy (non-hydrogen) atoms. The van der Waals surface area contributed by atoms with Crippen LogP contribution in [-0.4, -0.2) is 41.2 Å². The van der Waals surface area contributed by atoms with Gasteiger partial charge in [0.25, 0.3) is 0 Å². The van der Waals surface area contributed by atoms with Crippen LogP contribution in [0.2, 0.25) is 0 Å². The van der Waals surface area contributed by atoms with Gasteiger partial charge in [0.05, 0.1) is 16.8 Å². The number of phenolic OH excluding ortho intramolecular Hbond substituents is 1. The molecule has 0 fully saturated rings. The third-order valence-corrected chi connectivity index (χ3v) is 5.29. The summed E-state index contributed by atoms with van der Waals surface area (Å²) in [6, 6.07) is 3.67. The highest BCUT2D eigenvalue weighted by Crippen LogP contribution is 2.44. The number of aromatic hydroxyl groups is 1. The number of hydrogen-bond acceptors (Lipinski definition) is 6. The number of ether oxygens (including phenoxy) is 1. The van der Waals surface area contributed by atoms with Crippen LogP contribution in [0.15, 0.2) is 39.9 Å². The molecule has 0 spiro atoms. The van der Waals surface area contributed by atoms with Crippen LogP contribution in [0, 0.1) is 6.92 Å². The number of nitrogens with zero attached hydrogens (tertiary/aromatic N) is 2. The Morgan fingerprint density at radius 1 is 1.23 bits per heavy atom. The molecule has 1 aromatic carbocycles. The lowest BCUT2D eigenvalue weighted by Crippen LogP contribution is -2.29. The first kappa shape index (κ1) is 20.2. The number of aromatic nitrogens is 1. The Morgan fingerprint density at radius 3 is 2.67 bits per heavy atom. The van der Waals surface area contributed by atoms with E-state index in [4.69, 9.17) is 9.15 Å². The fraction of sp³-hybridized carbons (Fsp3) is 0.333. The van der Waals surface area contributed by atoms with E-state index in [1.807, 2.05) is 58.0 Å². The van der Waals surface area contributed by atoms with Gasteiger partial charge < -0.3 is 19.2 Å². The summed E-state index contributed by atoms with van der Waals surface area (Å²) in [5.41, 5.74) is 2.61. The lowest BCUT2D eigenvalue weighted by atomic mass is 9.94. The molecule has 6 heteroatoms. The first-order chi connectivity index (χ1) is 14.2. The van der Waals surface area contributed by atoms with Crippen molar-refractivity contribution in [1.29, 1.82) is 0 Å². The lowest BCUT2D eigenvalue weighted by molar-refractivity contribution is 0.156. The Morgan fingerprint density at radius 2 is 2.00 bits per heavy atom. The van der Waals surface area contributed by atoms with E-state index in [9.17, 15) is 9.90 Å². The molecule has 6 nitrogen and oxygen atoms in total. The number of rotatable bonds is 4.